The predicted octanol–water partition coefficient (Wildman–Crippen LogP) is 1.94. The van der Waals surface area contributed by atoms with E-state index >= 15 is 0 Å². The Labute approximate surface area is 181 Å². The lowest BCUT2D eigenvalue weighted by atomic mass is 10.4. The molecule has 0 aromatic carbocycles. The van der Waals surface area contributed by atoms with Gasteiger partial charge in [0.1, 0.15) is 12.4 Å². The van der Waals surface area contributed by atoms with Crippen LogP contribution in [0.25, 0.3) is 11.2 Å². The number of hydrogen-bond acceptors (Lipinski definition) is 10. The van der Waals surface area contributed by atoms with E-state index < -0.39 is 19.5 Å². The van der Waals surface area contributed by atoms with E-state index in [1.54, 1.807) is 24.7 Å². The third kappa shape index (κ3) is 7.13. The molecule has 12 nitrogen and oxygen atoms in total. The van der Waals surface area contributed by atoms with Crippen LogP contribution in [0.5, 0.6) is 5.88 Å². The number of rotatable bonds is 14. The Morgan fingerprint density at radius 1 is 1.32 bits per heavy atom. The van der Waals surface area contributed by atoms with E-state index in [0.29, 0.717) is 24.3 Å². The SMILES string of the molecule is CCCCOP(=O)(COCCn1cnc2c(OC)nc(N)nc21)N[C@@H](C)C(=O)OCC. The summed E-state index contributed by atoms with van der Waals surface area (Å²) in [6, 6.07) is -0.791. The Balaban J connectivity index is 1.98. The molecule has 2 rings (SSSR count). The highest BCUT2D eigenvalue weighted by atomic mass is 31.2. The van der Waals surface area contributed by atoms with Gasteiger partial charge in [-0.15, -0.1) is 0 Å². The first-order valence-corrected chi connectivity index (χ1v) is 11.9. The third-order valence-electron chi connectivity index (χ3n) is 4.21. The summed E-state index contributed by atoms with van der Waals surface area (Å²) in [5.74, 6) is -0.149. The number of nitrogen functional groups attached to an aromatic ring is 1. The minimum absolute atomic E-state index is 0.0676. The zero-order chi connectivity index (χ0) is 22.9. The first kappa shape index (κ1) is 25.0. The molecule has 0 radical (unpaired) electrons. The van der Waals surface area contributed by atoms with Gasteiger partial charge in [0.15, 0.2) is 11.2 Å². The number of carbonyl (C=O) groups is 1. The van der Waals surface area contributed by atoms with Crippen LogP contribution in [0.1, 0.15) is 33.6 Å². The number of hydrogen-bond donors (Lipinski definition) is 2. The third-order valence-corrected chi connectivity index (χ3v) is 6.11. The van der Waals surface area contributed by atoms with Crippen LogP contribution in [-0.4, -0.2) is 64.8 Å². The van der Waals surface area contributed by atoms with Crippen molar-refractivity contribution in [3.05, 3.63) is 6.33 Å². The molecule has 2 aromatic rings. The van der Waals surface area contributed by atoms with E-state index in [1.807, 2.05) is 6.92 Å². The molecule has 0 fully saturated rings. The van der Waals surface area contributed by atoms with Gasteiger partial charge in [-0.05, 0) is 20.3 Å². The van der Waals surface area contributed by atoms with Crippen LogP contribution < -0.4 is 15.6 Å². The first-order chi connectivity index (χ1) is 14.8. The molecule has 0 saturated heterocycles. The van der Waals surface area contributed by atoms with Gasteiger partial charge >= 0.3 is 5.97 Å². The van der Waals surface area contributed by atoms with Crippen LogP contribution in [0, 0.1) is 0 Å². The monoisotopic (exact) mass is 458 g/mol. The van der Waals surface area contributed by atoms with Crippen molar-refractivity contribution in [2.45, 2.75) is 46.2 Å². The molecule has 0 aliphatic carbocycles. The molecule has 0 spiro atoms. The molecule has 2 heterocycles. The number of nitrogens with zero attached hydrogens (tertiary/aromatic N) is 4. The van der Waals surface area contributed by atoms with Gasteiger partial charge in [0.05, 0.1) is 33.3 Å². The zero-order valence-corrected chi connectivity index (χ0v) is 19.3. The number of anilines is 1. The van der Waals surface area contributed by atoms with E-state index in [2.05, 4.69) is 20.0 Å². The Hall–Kier alpha value is -2.27. The van der Waals surface area contributed by atoms with Gasteiger partial charge in [-0.2, -0.15) is 9.97 Å². The summed E-state index contributed by atoms with van der Waals surface area (Å²) in [5.41, 5.74) is 6.70. The molecule has 0 bridgehead atoms. The van der Waals surface area contributed by atoms with Crippen molar-refractivity contribution in [2.24, 2.45) is 0 Å². The second-order valence-corrected chi connectivity index (χ2v) is 8.82. The highest BCUT2D eigenvalue weighted by Crippen LogP contribution is 2.43. The van der Waals surface area contributed by atoms with Crippen LogP contribution in [0.2, 0.25) is 0 Å². The fourth-order valence-corrected chi connectivity index (χ4v) is 4.38. The van der Waals surface area contributed by atoms with Crippen LogP contribution in [0.3, 0.4) is 0 Å². The Morgan fingerprint density at radius 3 is 2.77 bits per heavy atom. The number of unbranched alkanes of at least 4 members (excludes halogenated alkanes) is 1. The molecule has 0 amide bonds. The molecule has 0 saturated carbocycles. The molecule has 0 aliphatic rings. The van der Waals surface area contributed by atoms with Crippen molar-refractivity contribution in [1.82, 2.24) is 24.6 Å². The van der Waals surface area contributed by atoms with Gasteiger partial charge in [0, 0.05) is 6.54 Å². The Morgan fingerprint density at radius 2 is 2.10 bits per heavy atom. The van der Waals surface area contributed by atoms with Crippen molar-refractivity contribution >= 4 is 30.6 Å². The van der Waals surface area contributed by atoms with Gasteiger partial charge < -0.3 is 29.0 Å². The molecule has 13 heteroatoms. The average Bonchev–Trinajstić information content (AvgIpc) is 3.13. The summed E-state index contributed by atoms with van der Waals surface area (Å²) in [6.07, 6.45) is 3.00. The second-order valence-electron chi connectivity index (χ2n) is 6.70. The minimum atomic E-state index is -3.42. The first-order valence-electron chi connectivity index (χ1n) is 10.1. The van der Waals surface area contributed by atoms with Crippen LogP contribution >= 0.6 is 7.52 Å². The summed E-state index contributed by atoms with van der Waals surface area (Å²) < 4.78 is 36.2. The minimum Gasteiger partial charge on any atom is -0.479 e. The standard InChI is InChI=1S/C18H31N6O6P/c1-5-7-9-30-31(26,23-13(3)17(25)29-6-2)12-28-10-8-24-11-20-14-15(24)21-18(19)22-16(14)27-4/h11,13H,5-10,12H2,1-4H3,(H,23,26)(H2,19,21,22)/t13-,31?/m0/s1. The average molecular weight is 458 g/mol. The van der Waals surface area contributed by atoms with E-state index in [1.165, 1.54) is 7.11 Å². The number of carbonyl (C=O) groups excluding carboxylic acids is 1. The largest absolute Gasteiger partial charge is 0.479 e. The molecular formula is C18H31N6O6P. The summed E-state index contributed by atoms with van der Waals surface area (Å²) in [6.45, 7) is 6.39. The van der Waals surface area contributed by atoms with Gasteiger partial charge in [-0.3, -0.25) is 9.36 Å². The Kier molecular flexibility index (Phi) is 9.63. The molecule has 174 valence electrons. The summed E-state index contributed by atoms with van der Waals surface area (Å²) in [7, 11) is -1.95. The quantitative estimate of drug-likeness (QED) is 0.243. The van der Waals surface area contributed by atoms with Gasteiger partial charge in [0.2, 0.25) is 11.8 Å². The summed E-state index contributed by atoms with van der Waals surface area (Å²) >= 11 is 0. The van der Waals surface area contributed by atoms with Crippen molar-refractivity contribution in [1.29, 1.82) is 0 Å². The maximum atomic E-state index is 13.2. The van der Waals surface area contributed by atoms with Crippen molar-refractivity contribution in [2.75, 3.05) is 39.0 Å². The molecule has 31 heavy (non-hydrogen) atoms. The number of ether oxygens (including phenoxy) is 3. The lowest BCUT2D eigenvalue weighted by molar-refractivity contribution is -0.144. The molecular weight excluding hydrogens is 427 g/mol. The number of esters is 1. The second kappa shape index (κ2) is 11.9. The molecule has 3 N–H and O–H groups in total. The number of nitrogens with two attached hydrogens (primary N) is 1. The lowest BCUT2D eigenvalue weighted by Gasteiger charge is -2.23. The lowest BCUT2D eigenvalue weighted by Crippen LogP contribution is -2.35. The van der Waals surface area contributed by atoms with E-state index in [0.717, 1.165) is 12.8 Å². The van der Waals surface area contributed by atoms with Crippen molar-refractivity contribution in [3.63, 3.8) is 0 Å². The number of methoxy groups -OCH3 is 1. The number of imidazole rings is 1. The van der Waals surface area contributed by atoms with Crippen LogP contribution in [0.15, 0.2) is 6.33 Å². The fourth-order valence-electron chi connectivity index (χ4n) is 2.67. The molecule has 2 atom stereocenters. The molecule has 1 unspecified atom stereocenters. The maximum Gasteiger partial charge on any atom is 0.323 e. The van der Waals surface area contributed by atoms with Crippen LogP contribution in [0.4, 0.5) is 5.95 Å². The van der Waals surface area contributed by atoms with Gasteiger partial charge in [-0.1, -0.05) is 13.3 Å². The number of nitrogens with one attached hydrogen (secondary N) is 1. The van der Waals surface area contributed by atoms with Gasteiger partial charge in [-0.25, -0.2) is 10.1 Å². The predicted molar refractivity (Wildman–Crippen MR) is 115 cm³/mol. The van der Waals surface area contributed by atoms with E-state index in [9.17, 15) is 9.36 Å². The molecule has 2 aromatic heterocycles. The van der Waals surface area contributed by atoms with Crippen molar-refractivity contribution < 1.29 is 28.1 Å². The van der Waals surface area contributed by atoms with Crippen molar-refractivity contribution in [3.8, 4) is 5.88 Å². The molecule has 0 aliphatic heterocycles. The highest BCUT2D eigenvalue weighted by Gasteiger charge is 2.29. The highest BCUT2D eigenvalue weighted by molar-refractivity contribution is 7.56. The van der Waals surface area contributed by atoms with E-state index in [4.69, 9.17) is 24.5 Å². The summed E-state index contributed by atoms with van der Waals surface area (Å²) in [4.78, 5) is 24.3. The Bertz CT molecular complexity index is 907. The van der Waals surface area contributed by atoms with Gasteiger partial charge in [0.25, 0.3) is 7.52 Å². The number of fused-ring (bicyclic) bond motifs is 1. The zero-order valence-electron chi connectivity index (χ0n) is 18.4. The number of aromatic nitrogens is 4. The smallest absolute Gasteiger partial charge is 0.323 e. The maximum absolute atomic E-state index is 13.2. The topological polar surface area (TPSA) is 153 Å². The fraction of sp³-hybridized carbons (Fsp3) is 0.667. The normalized spacial score (nSPS) is 14.3. The van der Waals surface area contributed by atoms with Crippen LogP contribution in [-0.2, 0) is 29.9 Å². The van der Waals surface area contributed by atoms with E-state index in [-0.39, 0.29) is 31.4 Å². The summed E-state index contributed by atoms with van der Waals surface area (Å²) in [5, 5.41) is 2.74.